The lowest BCUT2D eigenvalue weighted by Crippen LogP contribution is -2.54. The molecule has 182 valence electrons. The van der Waals surface area contributed by atoms with Crippen molar-refractivity contribution >= 4 is 5.91 Å². The van der Waals surface area contributed by atoms with Gasteiger partial charge >= 0.3 is 0 Å². The molecule has 5 heteroatoms. The van der Waals surface area contributed by atoms with Gasteiger partial charge in [-0.2, -0.15) is 0 Å². The number of aliphatic hydroxyl groups is 1. The van der Waals surface area contributed by atoms with Crippen LogP contribution in [0.5, 0.6) is 0 Å². The number of nitrogens with zero attached hydrogens (tertiary/aromatic N) is 2. The number of likely N-dealkylation sites (tertiary alicyclic amines) is 1. The summed E-state index contributed by atoms with van der Waals surface area (Å²) >= 11 is 0. The molecular weight excluding hydrogens is 436 g/mol. The van der Waals surface area contributed by atoms with E-state index in [0.717, 1.165) is 36.3 Å². The number of benzene rings is 3. The lowest BCUT2D eigenvalue weighted by Gasteiger charge is -2.45. The van der Waals surface area contributed by atoms with Gasteiger partial charge in [-0.3, -0.25) is 4.79 Å². The highest BCUT2D eigenvalue weighted by Crippen LogP contribution is 2.43. The largest absolute Gasteiger partial charge is 0.385 e. The van der Waals surface area contributed by atoms with Gasteiger partial charge < -0.3 is 19.6 Å². The molecule has 1 amide bonds. The van der Waals surface area contributed by atoms with Crippen LogP contribution in [-0.4, -0.2) is 54.3 Å². The van der Waals surface area contributed by atoms with Gasteiger partial charge in [0.05, 0.1) is 5.60 Å². The molecule has 35 heavy (non-hydrogen) atoms. The van der Waals surface area contributed by atoms with Crippen LogP contribution < -0.4 is 0 Å². The van der Waals surface area contributed by atoms with Crippen LogP contribution in [0.15, 0.2) is 84.9 Å². The highest BCUT2D eigenvalue weighted by atomic mass is 16.5. The summed E-state index contributed by atoms with van der Waals surface area (Å²) in [7, 11) is 1.64. The van der Waals surface area contributed by atoms with E-state index in [1.165, 1.54) is 5.56 Å². The summed E-state index contributed by atoms with van der Waals surface area (Å²) in [6.45, 7) is 3.21. The summed E-state index contributed by atoms with van der Waals surface area (Å²) in [5.74, 6) is 0.0991. The molecule has 0 radical (unpaired) electrons. The van der Waals surface area contributed by atoms with E-state index >= 15 is 0 Å². The molecule has 0 saturated carbocycles. The van der Waals surface area contributed by atoms with Gasteiger partial charge in [-0.05, 0) is 48.1 Å². The van der Waals surface area contributed by atoms with E-state index in [9.17, 15) is 9.90 Å². The SMILES string of the molecule is COCN1Cc2ccccc2C(CCN2CCC(O)(c3ccccc3)CC2)(c2ccccc2)C1=O. The second kappa shape index (κ2) is 9.94. The molecular formula is C30H34N2O3. The Balaban J connectivity index is 1.43. The first-order valence-electron chi connectivity index (χ1n) is 12.5. The van der Waals surface area contributed by atoms with Gasteiger partial charge in [-0.15, -0.1) is 0 Å². The molecule has 1 atom stereocenters. The fraction of sp³-hybridized carbons (Fsp3) is 0.367. The number of amides is 1. The average molecular weight is 471 g/mol. The summed E-state index contributed by atoms with van der Waals surface area (Å²) in [4.78, 5) is 18.4. The molecule has 5 nitrogen and oxygen atoms in total. The zero-order chi connectivity index (χ0) is 24.3. The lowest BCUT2D eigenvalue weighted by atomic mass is 9.67. The maximum Gasteiger partial charge on any atom is 0.239 e. The van der Waals surface area contributed by atoms with E-state index in [0.29, 0.717) is 25.8 Å². The lowest BCUT2D eigenvalue weighted by molar-refractivity contribution is -0.143. The maximum atomic E-state index is 14.1. The summed E-state index contributed by atoms with van der Waals surface area (Å²) in [6, 6.07) is 28.5. The van der Waals surface area contributed by atoms with Crippen LogP contribution in [0.4, 0.5) is 0 Å². The van der Waals surface area contributed by atoms with Crippen LogP contribution in [0.2, 0.25) is 0 Å². The molecule has 1 saturated heterocycles. The Morgan fingerprint density at radius 2 is 1.46 bits per heavy atom. The number of carbonyl (C=O) groups is 1. The van der Waals surface area contributed by atoms with Gasteiger partial charge in [-0.1, -0.05) is 84.9 Å². The first-order valence-corrected chi connectivity index (χ1v) is 12.5. The molecule has 1 unspecified atom stereocenters. The Morgan fingerprint density at radius 3 is 2.11 bits per heavy atom. The summed E-state index contributed by atoms with van der Waals surface area (Å²) in [6.07, 6.45) is 2.06. The van der Waals surface area contributed by atoms with Crippen LogP contribution in [0.3, 0.4) is 0 Å². The fourth-order valence-corrected chi connectivity index (χ4v) is 5.89. The van der Waals surface area contributed by atoms with E-state index in [1.54, 1.807) is 7.11 Å². The molecule has 0 spiro atoms. The van der Waals surface area contributed by atoms with Gasteiger partial charge in [-0.25, -0.2) is 0 Å². The smallest absolute Gasteiger partial charge is 0.239 e. The molecule has 3 aromatic carbocycles. The first kappa shape index (κ1) is 23.7. The quantitative estimate of drug-likeness (QED) is 0.560. The molecule has 2 heterocycles. The van der Waals surface area contributed by atoms with Crippen molar-refractivity contribution in [1.82, 2.24) is 9.80 Å². The van der Waals surface area contributed by atoms with E-state index in [-0.39, 0.29) is 12.6 Å². The van der Waals surface area contributed by atoms with Crippen molar-refractivity contribution in [2.45, 2.75) is 36.8 Å². The van der Waals surface area contributed by atoms with E-state index < -0.39 is 11.0 Å². The molecule has 2 aliphatic heterocycles. The first-order chi connectivity index (χ1) is 17.1. The standard InChI is InChI=1S/C30H34N2O3/c1-35-23-32-22-24-10-8-9-15-27(24)30(28(32)33,26-13-6-3-7-14-26)18-21-31-19-16-29(34,17-20-31)25-11-4-2-5-12-25/h2-15,34H,16-23H2,1H3. The average Bonchev–Trinajstić information content (AvgIpc) is 2.91. The van der Waals surface area contributed by atoms with Crippen molar-refractivity contribution in [3.63, 3.8) is 0 Å². The monoisotopic (exact) mass is 470 g/mol. The van der Waals surface area contributed by atoms with Gasteiger partial charge in [0.1, 0.15) is 12.1 Å². The topological polar surface area (TPSA) is 53.0 Å². The van der Waals surface area contributed by atoms with Gasteiger partial charge in [0, 0.05) is 26.7 Å². The van der Waals surface area contributed by atoms with Crippen LogP contribution in [0.25, 0.3) is 0 Å². The fourth-order valence-electron chi connectivity index (χ4n) is 5.89. The van der Waals surface area contributed by atoms with Crippen molar-refractivity contribution in [2.75, 3.05) is 33.5 Å². The molecule has 1 N–H and O–H groups in total. The molecule has 2 aliphatic rings. The molecule has 0 aliphatic carbocycles. The minimum atomic E-state index is -0.780. The number of carbonyl (C=O) groups excluding carboxylic acids is 1. The van der Waals surface area contributed by atoms with Gasteiger partial charge in [0.15, 0.2) is 0 Å². The van der Waals surface area contributed by atoms with Gasteiger partial charge in [0.2, 0.25) is 5.91 Å². The Labute approximate surface area is 208 Å². The van der Waals surface area contributed by atoms with Crippen LogP contribution in [0.1, 0.15) is 41.5 Å². The van der Waals surface area contributed by atoms with Crippen molar-refractivity contribution in [3.05, 3.63) is 107 Å². The Kier molecular flexibility index (Phi) is 6.74. The van der Waals surface area contributed by atoms with Crippen molar-refractivity contribution in [1.29, 1.82) is 0 Å². The molecule has 5 rings (SSSR count). The predicted molar refractivity (Wildman–Crippen MR) is 137 cm³/mol. The molecule has 3 aromatic rings. The zero-order valence-corrected chi connectivity index (χ0v) is 20.4. The number of rotatable bonds is 7. The third-order valence-electron chi connectivity index (χ3n) is 7.84. The maximum absolute atomic E-state index is 14.1. The second-order valence-electron chi connectivity index (χ2n) is 9.84. The Bertz CT molecular complexity index is 1140. The van der Waals surface area contributed by atoms with Crippen LogP contribution in [-0.2, 0) is 27.1 Å². The summed E-state index contributed by atoms with van der Waals surface area (Å²) in [5.41, 5.74) is 2.74. The number of fused-ring (bicyclic) bond motifs is 1. The Morgan fingerprint density at radius 1 is 0.857 bits per heavy atom. The zero-order valence-electron chi connectivity index (χ0n) is 20.4. The van der Waals surface area contributed by atoms with Crippen molar-refractivity contribution in [3.8, 4) is 0 Å². The van der Waals surface area contributed by atoms with E-state index in [1.807, 2.05) is 65.6 Å². The van der Waals surface area contributed by atoms with Crippen molar-refractivity contribution < 1.29 is 14.6 Å². The summed E-state index contributed by atoms with van der Waals surface area (Å²) < 4.78 is 5.42. The van der Waals surface area contributed by atoms with Crippen LogP contribution in [0, 0.1) is 0 Å². The highest BCUT2D eigenvalue weighted by molar-refractivity contribution is 5.94. The third kappa shape index (κ3) is 4.40. The number of ether oxygens (including phenoxy) is 1. The third-order valence-corrected chi connectivity index (χ3v) is 7.84. The van der Waals surface area contributed by atoms with Crippen LogP contribution >= 0.6 is 0 Å². The predicted octanol–water partition coefficient (Wildman–Crippen LogP) is 4.29. The molecule has 0 aromatic heterocycles. The van der Waals surface area contributed by atoms with E-state index in [2.05, 4.69) is 29.2 Å². The Hall–Kier alpha value is -2.99. The minimum absolute atomic E-state index is 0.0991. The van der Waals surface area contributed by atoms with Crippen molar-refractivity contribution in [2.24, 2.45) is 0 Å². The minimum Gasteiger partial charge on any atom is -0.385 e. The number of hydrogen-bond acceptors (Lipinski definition) is 4. The number of piperidine rings is 1. The number of hydrogen-bond donors (Lipinski definition) is 1. The van der Waals surface area contributed by atoms with Gasteiger partial charge in [0.25, 0.3) is 0 Å². The highest BCUT2D eigenvalue weighted by Gasteiger charge is 2.48. The molecule has 1 fully saturated rings. The normalized spacial score (nSPS) is 22.1. The second-order valence-corrected chi connectivity index (χ2v) is 9.84. The number of methoxy groups -OCH3 is 1. The van der Waals surface area contributed by atoms with E-state index in [4.69, 9.17) is 4.74 Å². The molecule has 0 bridgehead atoms. The summed E-state index contributed by atoms with van der Waals surface area (Å²) in [5, 5.41) is 11.3.